The number of nitrogens with zero attached hydrogens (tertiary/aromatic N) is 2. The molecule has 1 N–H and O–H groups in total. The summed E-state index contributed by atoms with van der Waals surface area (Å²) in [5, 5.41) is 9.58. The minimum absolute atomic E-state index is 0.138. The lowest BCUT2D eigenvalue weighted by molar-refractivity contribution is 0.0697. The van der Waals surface area contributed by atoms with Crippen molar-refractivity contribution < 1.29 is 9.90 Å². The number of anilines is 2. The third-order valence-corrected chi connectivity index (χ3v) is 3.26. The molecular weight excluding hydrogens is 276 g/mol. The van der Waals surface area contributed by atoms with E-state index in [1.165, 1.54) is 12.1 Å². The highest BCUT2D eigenvalue weighted by Crippen LogP contribution is 2.30. The molecule has 0 saturated carbocycles. The van der Waals surface area contributed by atoms with Crippen molar-refractivity contribution >= 4 is 29.1 Å². The Bertz CT molecular complexity index is 644. The monoisotopic (exact) mass is 290 g/mol. The summed E-state index contributed by atoms with van der Waals surface area (Å²) < 4.78 is 0. The van der Waals surface area contributed by atoms with Gasteiger partial charge in [-0.2, -0.15) is 0 Å². The van der Waals surface area contributed by atoms with Crippen molar-refractivity contribution in [1.29, 1.82) is 0 Å². The number of aromatic carboxylic acids is 1. The summed E-state index contributed by atoms with van der Waals surface area (Å²) in [5.41, 5.74) is 2.11. The minimum Gasteiger partial charge on any atom is -0.478 e. The summed E-state index contributed by atoms with van der Waals surface area (Å²) in [5.74, 6) is -0.655. The molecule has 5 heteroatoms. The lowest BCUT2D eigenvalue weighted by Crippen LogP contribution is -2.21. The van der Waals surface area contributed by atoms with E-state index in [0.29, 0.717) is 12.4 Å². The molecule has 0 unspecified atom stereocenters. The molecule has 20 heavy (non-hydrogen) atoms. The van der Waals surface area contributed by atoms with Crippen LogP contribution in [0.15, 0.2) is 36.4 Å². The molecule has 0 amide bonds. The van der Waals surface area contributed by atoms with E-state index in [9.17, 15) is 9.90 Å². The maximum atomic E-state index is 11.4. The average molecular weight is 291 g/mol. The van der Waals surface area contributed by atoms with E-state index in [2.05, 4.69) is 4.98 Å². The summed E-state index contributed by atoms with van der Waals surface area (Å²) in [4.78, 5) is 17.4. The number of carboxylic acids is 1. The number of para-hydroxylation sites is 1. The molecule has 1 heterocycles. The highest BCUT2D eigenvalue weighted by Gasteiger charge is 2.19. The Morgan fingerprint density at radius 3 is 2.60 bits per heavy atom. The van der Waals surface area contributed by atoms with Gasteiger partial charge < -0.3 is 10.0 Å². The molecule has 1 aromatic heterocycles. The van der Waals surface area contributed by atoms with Gasteiger partial charge in [-0.15, -0.1) is 0 Å². The molecule has 0 saturated heterocycles. The van der Waals surface area contributed by atoms with Crippen LogP contribution in [0.5, 0.6) is 0 Å². The van der Waals surface area contributed by atoms with Gasteiger partial charge in [-0.1, -0.05) is 29.8 Å². The molecule has 4 nitrogen and oxygen atoms in total. The van der Waals surface area contributed by atoms with Crippen molar-refractivity contribution in [3.05, 3.63) is 52.7 Å². The number of carbonyl (C=O) groups is 1. The molecule has 0 spiro atoms. The fourth-order valence-corrected chi connectivity index (χ4v) is 2.24. The number of carboxylic acid groups (broad SMARTS) is 1. The Labute approximate surface area is 122 Å². The number of aromatic nitrogens is 1. The molecule has 0 bridgehead atoms. The Morgan fingerprint density at radius 2 is 2.00 bits per heavy atom. The third-order valence-electron chi connectivity index (χ3n) is 3.05. The van der Waals surface area contributed by atoms with Gasteiger partial charge in [-0.25, -0.2) is 9.78 Å². The van der Waals surface area contributed by atoms with Crippen LogP contribution >= 0.6 is 11.6 Å². The molecule has 0 atom stereocenters. The van der Waals surface area contributed by atoms with Gasteiger partial charge >= 0.3 is 5.97 Å². The number of rotatable bonds is 4. The predicted molar refractivity (Wildman–Crippen MR) is 80.1 cm³/mol. The Kier molecular flexibility index (Phi) is 4.25. The zero-order valence-electron chi connectivity index (χ0n) is 11.3. The molecular formula is C15H15ClN2O2. The van der Waals surface area contributed by atoms with Gasteiger partial charge in [0.15, 0.2) is 0 Å². The Morgan fingerprint density at radius 1 is 1.30 bits per heavy atom. The molecule has 104 valence electrons. The van der Waals surface area contributed by atoms with Gasteiger partial charge in [0.05, 0.1) is 0 Å². The summed E-state index contributed by atoms with van der Waals surface area (Å²) in [6.45, 7) is 4.52. The van der Waals surface area contributed by atoms with Crippen molar-refractivity contribution in [3.8, 4) is 0 Å². The molecule has 0 radical (unpaired) electrons. The zero-order chi connectivity index (χ0) is 14.7. The van der Waals surface area contributed by atoms with Gasteiger partial charge in [-0.05, 0) is 37.6 Å². The van der Waals surface area contributed by atoms with Gasteiger partial charge in [0.2, 0.25) is 0 Å². The number of pyridine rings is 1. The molecule has 2 aromatic rings. The van der Waals surface area contributed by atoms with Crippen LogP contribution in [0.1, 0.15) is 22.8 Å². The Hall–Kier alpha value is -2.07. The van der Waals surface area contributed by atoms with Crippen LogP contribution in [-0.2, 0) is 0 Å². The zero-order valence-corrected chi connectivity index (χ0v) is 12.1. The first-order chi connectivity index (χ1) is 9.54. The highest BCUT2D eigenvalue weighted by molar-refractivity contribution is 6.29. The van der Waals surface area contributed by atoms with Crippen LogP contribution in [0.25, 0.3) is 0 Å². The Balaban J connectivity index is 2.60. The second-order valence-electron chi connectivity index (χ2n) is 4.34. The smallest absolute Gasteiger partial charge is 0.339 e. The molecule has 1 aromatic carbocycles. The topological polar surface area (TPSA) is 53.4 Å². The predicted octanol–water partition coefficient (Wildman–Crippen LogP) is 3.90. The van der Waals surface area contributed by atoms with E-state index in [0.717, 1.165) is 11.3 Å². The largest absolute Gasteiger partial charge is 0.478 e. The van der Waals surface area contributed by atoms with E-state index in [-0.39, 0.29) is 10.7 Å². The third kappa shape index (κ3) is 2.75. The van der Waals surface area contributed by atoms with Crippen molar-refractivity contribution in [1.82, 2.24) is 4.98 Å². The van der Waals surface area contributed by atoms with E-state index >= 15 is 0 Å². The summed E-state index contributed by atoms with van der Waals surface area (Å²) in [6, 6.07) is 10.7. The second-order valence-corrected chi connectivity index (χ2v) is 4.73. The molecule has 0 fully saturated rings. The fraction of sp³-hybridized carbons (Fsp3) is 0.200. The molecule has 0 aliphatic carbocycles. The van der Waals surface area contributed by atoms with Crippen LogP contribution < -0.4 is 4.90 Å². The second kappa shape index (κ2) is 5.92. The number of benzene rings is 1. The summed E-state index contributed by atoms with van der Waals surface area (Å²) >= 11 is 5.92. The van der Waals surface area contributed by atoms with Gasteiger partial charge in [-0.3, -0.25) is 0 Å². The maximum Gasteiger partial charge on any atom is 0.339 e. The normalized spacial score (nSPS) is 10.3. The fourth-order valence-electron chi connectivity index (χ4n) is 2.10. The minimum atomic E-state index is -1.02. The summed E-state index contributed by atoms with van der Waals surface area (Å²) in [7, 11) is 0. The van der Waals surface area contributed by atoms with Crippen molar-refractivity contribution in [2.75, 3.05) is 11.4 Å². The number of hydrogen-bond donors (Lipinski definition) is 1. The van der Waals surface area contributed by atoms with Crippen molar-refractivity contribution in [3.63, 3.8) is 0 Å². The van der Waals surface area contributed by atoms with Crippen LogP contribution in [0.2, 0.25) is 5.15 Å². The number of hydrogen-bond acceptors (Lipinski definition) is 3. The summed E-state index contributed by atoms with van der Waals surface area (Å²) in [6.07, 6.45) is 0. The molecule has 0 aliphatic heterocycles. The maximum absolute atomic E-state index is 11.4. The van der Waals surface area contributed by atoms with E-state index in [4.69, 9.17) is 11.6 Å². The van der Waals surface area contributed by atoms with E-state index in [1.807, 2.05) is 43.0 Å². The number of halogens is 1. The van der Waals surface area contributed by atoms with Gasteiger partial charge in [0.1, 0.15) is 16.5 Å². The van der Waals surface area contributed by atoms with Crippen molar-refractivity contribution in [2.24, 2.45) is 0 Å². The first-order valence-electron chi connectivity index (χ1n) is 6.27. The standard InChI is InChI=1S/C15H15ClN2O2/c1-3-18(12-7-5-4-6-10(12)2)14-11(15(19)20)8-9-13(16)17-14/h4-9H,3H2,1-2H3,(H,19,20). The number of aryl methyl sites for hydroxylation is 1. The van der Waals surface area contributed by atoms with Gasteiger partial charge in [0, 0.05) is 12.2 Å². The molecule has 2 rings (SSSR count). The van der Waals surface area contributed by atoms with Crippen molar-refractivity contribution in [2.45, 2.75) is 13.8 Å². The van der Waals surface area contributed by atoms with Crippen LogP contribution in [0, 0.1) is 6.92 Å². The first kappa shape index (κ1) is 14.3. The highest BCUT2D eigenvalue weighted by atomic mass is 35.5. The lowest BCUT2D eigenvalue weighted by atomic mass is 10.1. The van der Waals surface area contributed by atoms with Crippen LogP contribution in [0.3, 0.4) is 0 Å². The van der Waals surface area contributed by atoms with Crippen LogP contribution in [-0.4, -0.2) is 22.6 Å². The first-order valence-corrected chi connectivity index (χ1v) is 6.65. The average Bonchev–Trinajstić information content (AvgIpc) is 2.41. The van der Waals surface area contributed by atoms with E-state index in [1.54, 1.807) is 0 Å². The van der Waals surface area contributed by atoms with Gasteiger partial charge in [0.25, 0.3) is 0 Å². The SMILES string of the molecule is CCN(c1ccccc1C)c1nc(Cl)ccc1C(=O)O. The molecule has 0 aliphatic rings. The van der Waals surface area contributed by atoms with Crippen LogP contribution in [0.4, 0.5) is 11.5 Å². The lowest BCUT2D eigenvalue weighted by Gasteiger charge is -2.25. The quantitative estimate of drug-likeness (QED) is 0.868. The van der Waals surface area contributed by atoms with E-state index < -0.39 is 5.97 Å².